The fraction of sp³-hybridized carbons (Fsp3) is 0.111. The molecular weight excluding hydrogens is 172 g/mol. The van der Waals surface area contributed by atoms with E-state index in [4.69, 9.17) is 5.11 Å². The molecule has 0 saturated carbocycles. The lowest BCUT2D eigenvalue weighted by atomic mass is 10.1. The minimum atomic E-state index is -0.939. The first-order valence-electron chi connectivity index (χ1n) is 3.57. The smallest absolute Gasteiger partial charge is 0.379 e. The van der Waals surface area contributed by atoms with E-state index in [1.54, 1.807) is 0 Å². The van der Waals surface area contributed by atoms with Crippen molar-refractivity contribution in [2.24, 2.45) is 0 Å². The van der Waals surface area contributed by atoms with Crippen LogP contribution in [0.2, 0.25) is 0 Å². The van der Waals surface area contributed by atoms with Crippen LogP contribution in [0.15, 0.2) is 24.3 Å². The van der Waals surface area contributed by atoms with Gasteiger partial charge < -0.3 is 9.84 Å². The highest BCUT2D eigenvalue weighted by Crippen LogP contribution is 2.11. The summed E-state index contributed by atoms with van der Waals surface area (Å²) in [6, 6.07) is 5.53. The van der Waals surface area contributed by atoms with Crippen molar-refractivity contribution in [3.63, 3.8) is 0 Å². The van der Waals surface area contributed by atoms with Crippen LogP contribution in [-0.2, 0) is 9.53 Å². The topological polar surface area (TPSA) is 63.6 Å². The predicted molar refractivity (Wildman–Crippen MR) is 44.5 cm³/mol. The van der Waals surface area contributed by atoms with Crippen LogP contribution in [0.25, 0.3) is 0 Å². The van der Waals surface area contributed by atoms with Crippen LogP contribution in [0.5, 0.6) is 5.75 Å². The Morgan fingerprint density at radius 1 is 1.38 bits per heavy atom. The van der Waals surface area contributed by atoms with Gasteiger partial charge in [0.2, 0.25) is 0 Å². The van der Waals surface area contributed by atoms with Crippen LogP contribution in [0, 0.1) is 0 Å². The SMILES string of the molecule is COC(=O)C(=O)c1cccc(O)c1. The number of aromatic hydroxyl groups is 1. The normalized spacial score (nSPS) is 9.31. The van der Waals surface area contributed by atoms with Crippen molar-refractivity contribution in [2.75, 3.05) is 7.11 Å². The molecule has 68 valence electrons. The number of esters is 1. The zero-order valence-electron chi connectivity index (χ0n) is 6.98. The maximum Gasteiger partial charge on any atom is 0.379 e. The van der Waals surface area contributed by atoms with Gasteiger partial charge in [0.25, 0.3) is 5.78 Å². The summed E-state index contributed by atoms with van der Waals surface area (Å²) in [4.78, 5) is 21.9. The maximum absolute atomic E-state index is 11.1. The second kappa shape index (κ2) is 3.71. The molecule has 0 spiro atoms. The van der Waals surface area contributed by atoms with Crippen LogP contribution in [0.3, 0.4) is 0 Å². The number of benzene rings is 1. The van der Waals surface area contributed by atoms with Gasteiger partial charge in [-0.2, -0.15) is 0 Å². The molecular formula is C9H8O4. The lowest BCUT2D eigenvalue weighted by Crippen LogP contribution is -2.15. The van der Waals surface area contributed by atoms with E-state index >= 15 is 0 Å². The fourth-order valence-electron chi connectivity index (χ4n) is 0.858. The summed E-state index contributed by atoms with van der Waals surface area (Å²) in [6.07, 6.45) is 0. The lowest BCUT2D eigenvalue weighted by molar-refractivity contribution is -0.135. The van der Waals surface area contributed by atoms with E-state index in [2.05, 4.69) is 4.74 Å². The molecule has 0 aromatic heterocycles. The Kier molecular flexibility index (Phi) is 2.64. The number of ether oxygens (including phenoxy) is 1. The summed E-state index contributed by atoms with van der Waals surface area (Å²) in [7, 11) is 1.13. The number of hydrogen-bond donors (Lipinski definition) is 1. The van der Waals surface area contributed by atoms with E-state index in [-0.39, 0.29) is 11.3 Å². The molecule has 0 aliphatic rings. The number of ketones is 1. The van der Waals surface area contributed by atoms with Gasteiger partial charge in [0, 0.05) is 5.56 Å². The largest absolute Gasteiger partial charge is 0.508 e. The second-order valence-corrected chi connectivity index (χ2v) is 2.37. The van der Waals surface area contributed by atoms with E-state index in [0.717, 1.165) is 7.11 Å². The molecule has 4 nitrogen and oxygen atoms in total. The molecule has 0 fully saturated rings. The third-order valence-corrected chi connectivity index (χ3v) is 1.48. The minimum Gasteiger partial charge on any atom is -0.508 e. The number of methoxy groups -OCH3 is 1. The Hall–Kier alpha value is -1.84. The van der Waals surface area contributed by atoms with Gasteiger partial charge in [0.1, 0.15) is 5.75 Å². The Bertz CT molecular complexity index is 343. The predicted octanol–water partition coefficient (Wildman–Crippen LogP) is 0.748. The van der Waals surface area contributed by atoms with Gasteiger partial charge >= 0.3 is 5.97 Å². The summed E-state index contributed by atoms with van der Waals surface area (Å²) < 4.78 is 4.24. The van der Waals surface area contributed by atoms with Crippen LogP contribution in [0.4, 0.5) is 0 Å². The van der Waals surface area contributed by atoms with E-state index in [0.29, 0.717) is 0 Å². The number of rotatable bonds is 2. The summed E-state index contributed by atoms with van der Waals surface area (Å²) >= 11 is 0. The molecule has 1 rings (SSSR count). The quantitative estimate of drug-likeness (QED) is 0.414. The van der Waals surface area contributed by atoms with Crippen LogP contribution in [0.1, 0.15) is 10.4 Å². The molecule has 13 heavy (non-hydrogen) atoms. The van der Waals surface area contributed by atoms with Crippen molar-refractivity contribution in [1.82, 2.24) is 0 Å². The standard InChI is InChI=1S/C9H8O4/c1-13-9(12)8(11)6-3-2-4-7(10)5-6/h2-5,10H,1H3. The van der Waals surface area contributed by atoms with Crippen molar-refractivity contribution in [3.05, 3.63) is 29.8 Å². The van der Waals surface area contributed by atoms with Gasteiger partial charge in [0.15, 0.2) is 0 Å². The average molecular weight is 180 g/mol. The Balaban J connectivity index is 2.95. The molecule has 0 unspecified atom stereocenters. The number of Topliss-reactive ketones (excluding diaryl/α,β-unsaturated/α-hetero) is 1. The Labute approximate surface area is 74.8 Å². The Morgan fingerprint density at radius 3 is 2.62 bits per heavy atom. The number of phenolic OH excluding ortho intramolecular Hbond substituents is 1. The highest BCUT2D eigenvalue weighted by atomic mass is 16.5. The first-order chi connectivity index (χ1) is 6.15. The van der Waals surface area contributed by atoms with Crippen molar-refractivity contribution >= 4 is 11.8 Å². The molecule has 1 aromatic carbocycles. The molecule has 0 bridgehead atoms. The fourth-order valence-corrected chi connectivity index (χ4v) is 0.858. The molecule has 1 N–H and O–H groups in total. The zero-order chi connectivity index (χ0) is 9.84. The maximum atomic E-state index is 11.1. The monoisotopic (exact) mass is 180 g/mol. The molecule has 0 saturated heterocycles. The molecule has 1 aromatic rings. The molecule has 0 aliphatic heterocycles. The summed E-state index contributed by atoms with van der Waals surface area (Å²) in [5.74, 6) is -1.77. The van der Waals surface area contributed by atoms with E-state index < -0.39 is 11.8 Å². The van der Waals surface area contributed by atoms with Gasteiger partial charge in [-0.05, 0) is 12.1 Å². The summed E-state index contributed by atoms with van der Waals surface area (Å²) in [5.41, 5.74) is 0.117. The van der Waals surface area contributed by atoms with Gasteiger partial charge in [-0.1, -0.05) is 12.1 Å². The van der Waals surface area contributed by atoms with Crippen molar-refractivity contribution in [2.45, 2.75) is 0 Å². The third kappa shape index (κ3) is 2.05. The Morgan fingerprint density at radius 2 is 2.08 bits per heavy atom. The van der Waals surface area contributed by atoms with E-state index in [1.165, 1.54) is 24.3 Å². The van der Waals surface area contributed by atoms with Crippen molar-refractivity contribution in [3.8, 4) is 5.75 Å². The highest BCUT2D eigenvalue weighted by molar-refractivity contribution is 6.40. The molecule has 0 amide bonds. The van der Waals surface area contributed by atoms with Gasteiger partial charge in [0.05, 0.1) is 7.11 Å². The zero-order valence-corrected chi connectivity index (χ0v) is 6.98. The number of carbonyl (C=O) groups excluding carboxylic acids is 2. The summed E-state index contributed by atoms with van der Waals surface area (Å²) in [5, 5.41) is 9.01. The molecule has 0 radical (unpaired) electrons. The van der Waals surface area contributed by atoms with Crippen molar-refractivity contribution < 1.29 is 19.4 Å². The summed E-state index contributed by atoms with van der Waals surface area (Å²) in [6.45, 7) is 0. The number of hydrogen-bond acceptors (Lipinski definition) is 4. The van der Waals surface area contributed by atoms with E-state index in [1.807, 2.05) is 0 Å². The third-order valence-electron chi connectivity index (χ3n) is 1.48. The lowest BCUT2D eigenvalue weighted by Gasteiger charge is -1.98. The second-order valence-electron chi connectivity index (χ2n) is 2.37. The van der Waals surface area contributed by atoms with Gasteiger partial charge in [-0.3, -0.25) is 4.79 Å². The first kappa shape index (κ1) is 9.25. The number of carbonyl (C=O) groups is 2. The molecule has 4 heteroatoms. The van der Waals surface area contributed by atoms with Crippen LogP contribution in [-0.4, -0.2) is 24.0 Å². The average Bonchev–Trinajstić information content (AvgIpc) is 2.15. The molecule has 0 heterocycles. The minimum absolute atomic E-state index is 0.0604. The van der Waals surface area contributed by atoms with Crippen LogP contribution >= 0.6 is 0 Å². The van der Waals surface area contributed by atoms with Crippen LogP contribution < -0.4 is 0 Å². The first-order valence-corrected chi connectivity index (χ1v) is 3.57. The van der Waals surface area contributed by atoms with E-state index in [9.17, 15) is 9.59 Å². The van der Waals surface area contributed by atoms with Crippen molar-refractivity contribution in [1.29, 1.82) is 0 Å². The van der Waals surface area contributed by atoms with Gasteiger partial charge in [-0.25, -0.2) is 4.79 Å². The number of phenols is 1. The molecule has 0 aliphatic carbocycles. The highest BCUT2D eigenvalue weighted by Gasteiger charge is 2.16. The van der Waals surface area contributed by atoms with Gasteiger partial charge in [-0.15, -0.1) is 0 Å². The molecule has 0 atom stereocenters.